The molecule has 27 heavy (non-hydrogen) atoms. The Morgan fingerprint density at radius 1 is 1.30 bits per heavy atom. The Morgan fingerprint density at radius 3 is 2.59 bits per heavy atom. The molecule has 146 valence electrons. The van der Waals surface area contributed by atoms with E-state index in [4.69, 9.17) is 9.15 Å². The standard InChI is InChI=1S/C20H24BrFN2O3/c1-20(2,3)27-19(25)24-9-8-23(11-17-10-15(21)13-26-17)12-18(24)14-4-6-16(22)7-5-14/h4-7,10,13,18H,8-9,11-12H2,1-3H3. The molecular weight excluding hydrogens is 415 g/mol. The highest BCUT2D eigenvalue weighted by molar-refractivity contribution is 9.10. The smallest absolute Gasteiger partial charge is 0.410 e. The number of hydrogen-bond acceptors (Lipinski definition) is 4. The van der Waals surface area contributed by atoms with E-state index in [1.165, 1.54) is 12.1 Å². The van der Waals surface area contributed by atoms with Crippen LogP contribution in [0.3, 0.4) is 0 Å². The Hall–Kier alpha value is -1.86. The summed E-state index contributed by atoms with van der Waals surface area (Å²) < 4.78 is 25.4. The quantitative estimate of drug-likeness (QED) is 0.677. The van der Waals surface area contributed by atoms with Gasteiger partial charge in [-0.1, -0.05) is 12.1 Å². The maximum Gasteiger partial charge on any atom is 0.410 e. The van der Waals surface area contributed by atoms with Gasteiger partial charge in [0.1, 0.15) is 23.4 Å². The molecule has 0 spiro atoms. The minimum atomic E-state index is -0.567. The molecule has 1 unspecified atom stereocenters. The Bertz CT molecular complexity index is 785. The first-order valence-corrected chi connectivity index (χ1v) is 9.71. The van der Waals surface area contributed by atoms with Gasteiger partial charge in [0.25, 0.3) is 0 Å². The van der Waals surface area contributed by atoms with Gasteiger partial charge in [-0.3, -0.25) is 9.80 Å². The van der Waals surface area contributed by atoms with Gasteiger partial charge in [0.05, 0.1) is 17.1 Å². The Balaban J connectivity index is 1.79. The molecule has 1 fully saturated rings. The molecule has 1 aromatic heterocycles. The van der Waals surface area contributed by atoms with E-state index < -0.39 is 5.60 Å². The molecule has 1 amide bonds. The summed E-state index contributed by atoms with van der Waals surface area (Å²) in [5.74, 6) is 0.557. The van der Waals surface area contributed by atoms with Crippen LogP contribution in [0.2, 0.25) is 0 Å². The van der Waals surface area contributed by atoms with Gasteiger partial charge in [-0.25, -0.2) is 9.18 Å². The number of ether oxygens (including phenoxy) is 1. The number of carbonyl (C=O) groups is 1. The van der Waals surface area contributed by atoms with Gasteiger partial charge in [-0.15, -0.1) is 0 Å². The van der Waals surface area contributed by atoms with E-state index in [9.17, 15) is 9.18 Å². The second kappa shape index (κ2) is 8.02. The summed E-state index contributed by atoms with van der Waals surface area (Å²) in [5, 5.41) is 0. The molecule has 0 saturated carbocycles. The summed E-state index contributed by atoms with van der Waals surface area (Å²) in [6.45, 7) is 8.04. The van der Waals surface area contributed by atoms with Crippen LogP contribution >= 0.6 is 15.9 Å². The van der Waals surface area contributed by atoms with Crippen LogP contribution in [0.4, 0.5) is 9.18 Å². The lowest BCUT2D eigenvalue weighted by molar-refractivity contribution is -0.00367. The van der Waals surface area contributed by atoms with Crippen LogP contribution in [0.1, 0.15) is 38.1 Å². The summed E-state index contributed by atoms with van der Waals surface area (Å²) in [7, 11) is 0. The molecule has 1 saturated heterocycles. The van der Waals surface area contributed by atoms with Crippen LogP contribution in [0, 0.1) is 5.82 Å². The fourth-order valence-electron chi connectivity index (χ4n) is 3.15. The average molecular weight is 439 g/mol. The highest BCUT2D eigenvalue weighted by Gasteiger charge is 2.34. The van der Waals surface area contributed by atoms with Gasteiger partial charge in [-0.2, -0.15) is 0 Å². The molecule has 2 heterocycles. The third kappa shape index (κ3) is 5.32. The Morgan fingerprint density at radius 2 is 2.00 bits per heavy atom. The van der Waals surface area contributed by atoms with Crippen molar-refractivity contribution < 1.29 is 18.3 Å². The summed E-state index contributed by atoms with van der Waals surface area (Å²) in [6.07, 6.45) is 1.31. The van der Waals surface area contributed by atoms with Gasteiger partial charge in [0, 0.05) is 19.6 Å². The Labute approximate surface area is 167 Å². The number of amides is 1. The van der Waals surface area contributed by atoms with Crippen LogP contribution in [-0.2, 0) is 11.3 Å². The largest absolute Gasteiger partial charge is 0.467 e. The summed E-state index contributed by atoms with van der Waals surface area (Å²) in [4.78, 5) is 16.7. The number of furan rings is 1. The molecule has 0 N–H and O–H groups in total. The predicted molar refractivity (Wildman–Crippen MR) is 104 cm³/mol. The molecule has 2 aromatic rings. The van der Waals surface area contributed by atoms with Gasteiger partial charge in [-0.05, 0) is 60.5 Å². The van der Waals surface area contributed by atoms with E-state index in [-0.39, 0.29) is 18.0 Å². The molecule has 3 rings (SSSR count). The zero-order valence-electron chi connectivity index (χ0n) is 15.7. The minimum Gasteiger partial charge on any atom is -0.467 e. The molecule has 0 aliphatic carbocycles. The number of piperazine rings is 1. The highest BCUT2D eigenvalue weighted by Crippen LogP contribution is 2.29. The Kier molecular flexibility index (Phi) is 5.91. The number of rotatable bonds is 3. The molecule has 0 radical (unpaired) electrons. The second-order valence-corrected chi connectivity index (χ2v) is 8.62. The van der Waals surface area contributed by atoms with Crippen molar-refractivity contribution in [1.29, 1.82) is 0 Å². The SMILES string of the molecule is CC(C)(C)OC(=O)N1CCN(Cc2cc(Br)co2)CC1c1ccc(F)cc1. The summed E-state index contributed by atoms with van der Waals surface area (Å²) in [6, 6.07) is 8.02. The van der Waals surface area contributed by atoms with Crippen LogP contribution < -0.4 is 0 Å². The van der Waals surface area contributed by atoms with Crippen molar-refractivity contribution in [2.75, 3.05) is 19.6 Å². The minimum absolute atomic E-state index is 0.215. The first-order chi connectivity index (χ1) is 12.7. The number of nitrogens with zero attached hydrogens (tertiary/aromatic N) is 2. The van der Waals surface area contributed by atoms with E-state index in [2.05, 4.69) is 20.8 Å². The molecule has 1 aromatic carbocycles. The molecule has 7 heteroatoms. The van der Waals surface area contributed by atoms with E-state index in [0.29, 0.717) is 26.2 Å². The van der Waals surface area contributed by atoms with E-state index in [1.54, 1.807) is 23.3 Å². The number of hydrogen-bond donors (Lipinski definition) is 0. The topological polar surface area (TPSA) is 45.9 Å². The highest BCUT2D eigenvalue weighted by atomic mass is 79.9. The zero-order valence-corrected chi connectivity index (χ0v) is 17.3. The normalized spacial score (nSPS) is 18.6. The third-order valence-corrected chi connectivity index (χ3v) is 4.76. The maximum atomic E-state index is 13.4. The van der Waals surface area contributed by atoms with Crippen LogP contribution in [0.15, 0.2) is 45.5 Å². The van der Waals surface area contributed by atoms with Crippen LogP contribution in [0.5, 0.6) is 0 Å². The molecule has 1 atom stereocenters. The second-order valence-electron chi connectivity index (χ2n) is 7.71. The summed E-state index contributed by atoms with van der Waals surface area (Å²) >= 11 is 3.39. The number of carbonyl (C=O) groups excluding carboxylic acids is 1. The van der Waals surface area contributed by atoms with E-state index in [1.807, 2.05) is 26.8 Å². The lowest BCUT2D eigenvalue weighted by Gasteiger charge is -2.41. The lowest BCUT2D eigenvalue weighted by Crippen LogP contribution is -2.51. The van der Waals surface area contributed by atoms with Gasteiger partial charge >= 0.3 is 6.09 Å². The molecule has 5 nitrogen and oxygen atoms in total. The van der Waals surface area contributed by atoms with Gasteiger partial charge in [0.15, 0.2) is 0 Å². The van der Waals surface area contributed by atoms with Crippen molar-refractivity contribution in [3.05, 3.63) is 58.2 Å². The molecule has 1 aliphatic rings. The van der Waals surface area contributed by atoms with E-state index in [0.717, 1.165) is 15.8 Å². The van der Waals surface area contributed by atoms with Crippen molar-refractivity contribution in [2.24, 2.45) is 0 Å². The molecule has 0 bridgehead atoms. The van der Waals surface area contributed by atoms with Crippen LogP contribution in [-0.4, -0.2) is 41.1 Å². The maximum absolute atomic E-state index is 13.4. The van der Waals surface area contributed by atoms with Crippen molar-refractivity contribution in [3.63, 3.8) is 0 Å². The van der Waals surface area contributed by atoms with Gasteiger partial charge < -0.3 is 9.15 Å². The average Bonchev–Trinajstić information content (AvgIpc) is 2.99. The summed E-state index contributed by atoms with van der Waals surface area (Å²) in [5.41, 5.74) is 0.315. The van der Waals surface area contributed by atoms with Crippen molar-refractivity contribution >= 4 is 22.0 Å². The third-order valence-electron chi connectivity index (χ3n) is 4.35. The fraction of sp³-hybridized carbons (Fsp3) is 0.450. The molecular formula is C20H24BrFN2O3. The van der Waals surface area contributed by atoms with Crippen molar-refractivity contribution in [3.8, 4) is 0 Å². The first-order valence-electron chi connectivity index (χ1n) is 8.91. The fourth-order valence-corrected chi connectivity index (χ4v) is 3.50. The number of benzene rings is 1. The number of halogens is 2. The van der Waals surface area contributed by atoms with Crippen LogP contribution in [0.25, 0.3) is 0 Å². The zero-order chi connectivity index (χ0) is 19.6. The van der Waals surface area contributed by atoms with Crippen molar-refractivity contribution in [1.82, 2.24) is 9.80 Å². The predicted octanol–water partition coefficient (Wildman–Crippen LogP) is 4.98. The molecule has 1 aliphatic heterocycles. The monoisotopic (exact) mass is 438 g/mol. The first kappa shape index (κ1) is 19.9. The lowest BCUT2D eigenvalue weighted by atomic mass is 10.0. The van der Waals surface area contributed by atoms with Crippen molar-refractivity contribution in [2.45, 2.75) is 39.0 Å². The van der Waals surface area contributed by atoms with Gasteiger partial charge in [0.2, 0.25) is 0 Å². The van der Waals surface area contributed by atoms with E-state index >= 15 is 0 Å².